The molecule has 0 heterocycles. The Morgan fingerprint density at radius 2 is 0.857 bits per heavy atom. The van der Waals surface area contributed by atoms with E-state index in [4.69, 9.17) is 0 Å². The molecule has 4 bridgehead atoms. The molecule has 7 aliphatic rings. The first-order valence-corrected chi connectivity index (χ1v) is 12.3. The van der Waals surface area contributed by atoms with Gasteiger partial charge in [0.1, 0.15) is 0 Å². The normalized spacial score (nSPS) is 44.9. The molecule has 0 aromatic carbocycles. The van der Waals surface area contributed by atoms with E-state index >= 15 is 0 Å². The van der Waals surface area contributed by atoms with E-state index < -0.39 is 0 Å². The molecule has 0 saturated heterocycles. The zero-order chi connectivity index (χ0) is 19.1. The van der Waals surface area contributed by atoms with Gasteiger partial charge in [-0.2, -0.15) is 0 Å². The maximum absolute atomic E-state index is 12.8. The van der Waals surface area contributed by atoms with Crippen LogP contribution in [0.25, 0.3) is 0 Å². The molecule has 0 spiro atoms. The Morgan fingerprint density at radius 1 is 0.500 bits per heavy atom. The number of hydrogen-bond acceptors (Lipinski definition) is 2. The second kappa shape index (κ2) is 7.99. The first-order valence-electron chi connectivity index (χ1n) is 12.3. The molecule has 4 heteroatoms. The minimum atomic E-state index is 0.284. The van der Waals surface area contributed by atoms with Crippen LogP contribution in [0, 0.1) is 35.5 Å². The third-order valence-electron chi connectivity index (χ3n) is 9.19. The molecule has 7 saturated carbocycles. The highest BCUT2D eigenvalue weighted by Gasteiger charge is 2.41. The average Bonchev–Trinajstić information content (AvgIpc) is 2.76. The summed E-state index contributed by atoms with van der Waals surface area (Å²) in [5.41, 5.74) is 0. The van der Waals surface area contributed by atoms with Crippen molar-refractivity contribution in [1.82, 2.24) is 10.6 Å². The predicted molar refractivity (Wildman–Crippen MR) is 109 cm³/mol. The Morgan fingerprint density at radius 3 is 1.14 bits per heavy atom. The summed E-state index contributed by atoms with van der Waals surface area (Å²) in [5, 5.41) is 6.76. The Hall–Kier alpha value is -1.06. The minimum Gasteiger partial charge on any atom is -0.353 e. The van der Waals surface area contributed by atoms with E-state index in [9.17, 15) is 9.59 Å². The standard InChI is InChI=1S/C24H38N2O2/c27-23(21-13-15-1-5-17(21)6-2-15)25-19-9-11-20(12-10-19)26-24(28)22-14-16-3-7-18(22)8-4-16/h15-22H,1-14H2,(H,25,27)(H,26,28). The fraction of sp³-hybridized carbons (Fsp3) is 0.917. The molecule has 0 radical (unpaired) electrons. The lowest BCUT2D eigenvalue weighted by molar-refractivity contribution is -0.132. The van der Waals surface area contributed by atoms with Crippen LogP contribution in [0.4, 0.5) is 0 Å². The maximum Gasteiger partial charge on any atom is 0.223 e. The molecule has 2 N–H and O–H groups in total. The molecule has 0 aromatic rings. The summed E-state index contributed by atoms with van der Waals surface area (Å²) in [5.74, 6) is 4.14. The number of nitrogens with one attached hydrogen (secondary N) is 2. The summed E-state index contributed by atoms with van der Waals surface area (Å²) in [4.78, 5) is 25.6. The van der Waals surface area contributed by atoms with Crippen LogP contribution in [0.15, 0.2) is 0 Å². The van der Waals surface area contributed by atoms with Gasteiger partial charge < -0.3 is 10.6 Å². The van der Waals surface area contributed by atoms with Crippen LogP contribution >= 0.6 is 0 Å². The third-order valence-corrected chi connectivity index (χ3v) is 9.19. The lowest BCUT2D eigenvalue weighted by Gasteiger charge is -2.43. The summed E-state index contributed by atoms with van der Waals surface area (Å²) in [6, 6.07) is 0.651. The van der Waals surface area contributed by atoms with Gasteiger partial charge in [0.15, 0.2) is 0 Å². The van der Waals surface area contributed by atoms with E-state index in [1.54, 1.807) is 0 Å². The van der Waals surface area contributed by atoms with E-state index in [0.29, 0.717) is 35.7 Å². The second-order valence-electron chi connectivity index (χ2n) is 10.8. The van der Waals surface area contributed by atoms with Gasteiger partial charge in [0, 0.05) is 23.9 Å². The van der Waals surface area contributed by atoms with Crippen LogP contribution in [-0.4, -0.2) is 23.9 Å². The molecule has 7 aliphatic carbocycles. The average molecular weight is 387 g/mol. The molecule has 7 fully saturated rings. The molecule has 7 rings (SSSR count). The number of carbonyl (C=O) groups excluding carboxylic acids is 2. The van der Waals surface area contributed by atoms with Gasteiger partial charge in [-0.25, -0.2) is 0 Å². The maximum atomic E-state index is 12.8. The zero-order valence-electron chi connectivity index (χ0n) is 17.3. The SMILES string of the molecule is O=C(NC1CCC(NC(=O)C2CC3CCC2CC3)CC1)C1CC2CCC1CC2. The number of fused-ring (bicyclic) bond motifs is 6. The van der Waals surface area contributed by atoms with Crippen LogP contribution in [0.1, 0.15) is 89.9 Å². The Kier molecular flexibility index (Phi) is 5.40. The van der Waals surface area contributed by atoms with Gasteiger partial charge in [-0.05, 0) is 87.9 Å². The summed E-state index contributed by atoms with van der Waals surface area (Å²) < 4.78 is 0. The smallest absolute Gasteiger partial charge is 0.223 e. The van der Waals surface area contributed by atoms with Crippen molar-refractivity contribution in [3.05, 3.63) is 0 Å². The molecule has 2 unspecified atom stereocenters. The van der Waals surface area contributed by atoms with E-state index in [2.05, 4.69) is 10.6 Å². The zero-order valence-corrected chi connectivity index (χ0v) is 17.3. The molecule has 0 aromatic heterocycles. The number of amides is 2. The van der Waals surface area contributed by atoms with E-state index in [1.165, 1.54) is 51.4 Å². The lowest BCUT2D eigenvalue weighted by Crippen LogP contribution is -2.49. The molecular weight excluding hydrogens is 348 g/mol. The predicted octanol–water partition coefficient (Wildman–Crippen LogP) is 4.18. The number of carbonyl (C=O) groups is 2. The van der Waals surface area contributed by atoms with Crippen molar-refractivity contribution in [1.29, 1.82) is 0 Å². The molecule has 156 valence electrons. The Bertz CT molecular complexity index is 529. The number of hydrogen-bond donors (Lipinski definition) is 2. The molecule has 4 nitrogen and oxygen atoms in total. The van der Waals surface area contributed by atoms with Crippen molar-refractivity contribution < 1.29 is 9.59 Å². The lowest BCUT2D eigenvalue weighted by atomic mass is 9.64. The van der Waals surface area contributed by atoms with Gasteiger partial charge in [-0.1, -0.05) is 25.7 Å². The monoisotopic (exact) mass is 386 g/mol. The van der Waals surface area contributed by atoms with Gasteiger partial charge in [0.2, 0.25) is 11.8 Å². The molecular formula is C24H38N2O2. The topological polar surface area (TPSA) is 58.2 Å². The molecule has 2 atom stereocenters. The van der Waals surface area contributed by atoms with Crippen LogP contribution in [0.2, 0.25) is 0 Å². The molecule has 2 amide bonds. The van der Waals surface area contributed by atoms with Crippen molar-refractivity contribution in [3.8, 4) is 0 Å². The fourth-order valence-corrected chi connectivity index (χ4v) is 7.40. The second-order valence-corrected chi connectivity index (χ2v) is 10.8. The first kappa shape index (κ1) is 18.9. The highest BCUT2D eigenvalue weighted by Crippen LogP contribution is 2.46. The largest absolute Gasteiger partial charge is 0.353 e. The van der Waals surface area contributed by atoms with Crippen molar-refractivity contribution in [3.63, 3.8) is 0 Å². The molecule has 0 aliphatic heterocycles. The van der Waals surface area contributed by atoms with Gasteiger partial charge in [-0.15, -0.1) is 0 Å². The van der Waals surface area contributed by atoms with Gasteiger partial charge in [0.25, 0.3) is 0 Å². The van der Waals surface area contributed by atoms with Crippen molar-refractivity contribution in [2.45, 2.75) is 102 Å². The summed E-state index contributed by atoms with van der Waals surface area (Å²) in [6.07, 6.45) is 16.8. The Labute approximate surface area is 170 Å². The van der Waals surface area contributed by atoms with Crippen molar-refractivity contribution in [2.24, 2.45) is 35.5 Å². The van der Waals surface area contributed by atoms with Crippen molar-refractivity contribution in [2.75, 3.05) is 0 Å². The third kappa shape index (κ3) is 3.85. The van der Waals surface area contributed by atoms with Crippen LogP contribution in [-0.2, 0) is 9.59 Å². The fourth-order valence-electron chi connectivity index (χ4n) is 7.40. The molecule has 28 heavy (non-hydrogen) atoms. The van der Waals surface area contributed by atoms with E-state index in [0.717, 1.165) is 50.4 Å². The van der Waals surface area contributed by atoms with E-state index in [1.807, 2.05) is 0 Å². The van der Waals surface area contributed by atoms with Crippen LogP contribution < -0.4 is 10.6 Å². The van der Waals surface area contributed by atoms with Gasteiger partial charge >= 0.3 is 0 Å². The Balaban J connectivity index is 1.06. The highest BCUT2D eigenvalue weighted by atomic mass is 16.2. The van der Waals surface area contributed by atoms with Gasteiger partial charge in [-0.3, -0.25) is 9.59 Å². The van der Waals surface area contributed by atoms with Crippen molar-refractivity contribution >= 4 is 11.8 Å². The quantitative estimate of drug-likeness (QED) is 0.761. The first-order chi connectivity index (χ1) is 13.7. The van der Waals surface area contributed by atoms with E-state index in [-0.39, 0.29) is 11.8 Å². The summed E-state index contributed by atoms with van der Waals surface area (Å²) in [7, 11) is 0. The van der Waals surface area contributed by atoms with Gasteiger partial charge in [0.05, 0.1) is 0 Å². The summed E-state index contributed by atoms with van der Waals surface area (Å²) in [6.45, 7) is 0. The summed E-state index contributed by atoms with van der Waals surface area (Å²) >= 11 is 0. The minimum absolute atomic E-state index is 0.284. The highest BCUT2D eigenvalue weighted by molar-refractivity contribution is 5.80. The number of rotatable bonds is 4. The van der Waals surface area contributed by atoms with Crippen LogP contribution in [0.3, 0.4) is 0 Å². The van der Waals surface area contributed by atoms with Crippen LogP contribution in [0.5, 0.6) is 0 Å².